The van der Waals surface area contributed by atoms with E-state index in [2.05, 4.69) is 24.2 Å². The summed E-state index contributed by atoms with van der Waals surface area (Å²) < 4.78 is 5.21. The second kappa shape index (κ2) is 9.44. The molecule has 1 aliphatic heterocycles. The molecule has 1 aliphatic carbocycles. The minimum Gasteiger partial charge on any atom is -0.495 e. The van der Waals surface area contributed by atoms with Gasteiger partial charge >= 0.3 is 0 Å². The molecule has 3 unspecified atom stereocenters. The fourth-order valence-electron chi connectivity index (χ4n) is 4.78. The van der Waals surface area contributed by atoms with Gasteiger partial charge < -0.3 is 19.9 Å². The zero-order valence-electron chi connectivity index (χ0n) is 16.8. The standard InChI is InChI=1S/C21H32ClN3OS/c1-15-6-4-5-7-19(15)24(2)17-10-12-25(13-11-17)21(27)23-16-8-9-20(26-3)18(22)14-16/h8-9,14-15,17,19H,4-7,10-13H2,1-3H3,(H,23,27)/p+1. The molecule has 0 amide bonds. The van der Waals surface area contributed by atoms with Crippen LogP contribution in [0.4, 0.5) is 5.69 Å². The quantitative estimate of drug-likeness (QED) is 0.742. The first-order chi connectivity index (χ1) is 13.0. The van der Waals surface area contributed by atoms with Crippen LogP contribution in [-0.4, -0.2) is 49.3 Å². The van der Waals surface area contributed by atoms with Crippen LogP contribution in [0.5, 0.6) is 5.75 Å². The van der Waals surface area contributed by atoms with Crippen LogP contribution >= 0.6 is 23.8 Å². The summed E-state index contributed by atoms with van der Waals surface area (Å²) in [6.07, 6.45) is 8.04. The summed E-state index contributed by atoms with van der Waals surface area (Å²) >= 11 is 11.9. The highest BCUT2D eigenvalue weighted by Crippen LogP contribution is 2.27. The van der Waals surface area contributed by atoms with Crippen molar-refractivity contribution in [1.82, 2.24) is 4.90 Å². The third-order valence-corrected chi connectivity index (χ3v) is 7.18. The number of benzene rings is 1. The van der Waals surface area contributed by atoms with Gasteiger partial charge in [0.05, 0.1) is 31.3 Å². The van der Waals surface area contributed by atoms with Gasteiger partial charge in [0, 0.05) is 37.5 Å². The molecule has 4 nitrogen and oxygen atoms in total. The van der Waals surface area contributed by atoms with E-state index in [0.29, 0.717) is 10.8 Å². The van der Waals surface area contributed by atoms with Gasteiger partial charge in [-0.25, -0.2) is 0 Å². The zero-order valence-corrected chi connectivity index (χ0v) is 18.3. The Hall–Kier alpha value is -1.04. The Balaban J connectivity index is 1.51. The van der Waals surface area contributed by atoms with Crippen molar-refractivity contribution in [2.75, 3.05) is 32.6 Å². The van der Waals surface area contributed by atoms with Crippen LogP contribution in [0.25, 0.3) is 0 Å². The number of quaternary nitrogens is 1. The van der Waals surface area contributed by atoms with E-state index in [-0.39, 0.29) is 0 Å². The van der Waals surface area contributed by atoms with Crippen LogP contribution in [0.2, 0.25) is 5.02 Å². The van der Waals surface area contributed by atoms with Gasteiger partial charge in [0.25, 0.3) is 0 Å². The van der Waals surface area contributed by atoms with E-state index in [1.807, 2.05) is 18.2 Å². The molecule has 3 rings (SSSR count). The van der Waals surface area contributed by atoms with Crippen molar-refractivity contribution in [3.63, 3.8) is 0 Å². The van der Waals surface area contributed by atoms with Crippen LogP contribution in [0.3, 0.4) is 0 Å². The first-order valence-corrected chi connectivity index (χ1v) is 11.0. The Morgan fingerprint density at radius 2 is 1.93 bits per heavy atom. The van der Waals surface area contributed by atoms with Gasteiger partial charge in [0.15, 0.2) is 5.11 Å². The van der Waals surface area contributed by atoms with E-state index >= 15 is 0 Å². The largest absolute Gasteiger partial charge is 0.495 e. The molecular weight excluding hydrogens is 378 g/mol. The molecule has 2 fully saturated rings. The molecule has 1 aromatic rings. The third-order valence-electron chi connectivity index (χ3n) is 6.53. The number of thiocarbonyl (C=S) groups is 1. The smallest absolute Gasteiger partial charge is 0.173 e. The van der Waals surface area contributed by atoms with Gasteiger partial charge in [-0.2, -0.15) is 0 Å². The molecule has 1 saturated carbocycles. The van der Waals surface area contributed by atoms with E-state index in [1.165, 1.54) is 38.5 Å². The number of rotatable bonds is 4. The highest BCUT2D eigenvalue weighted by Gasteiger charge is 2.34. The Morgan fingerprint density at radius 1 is 1.22 bits per heavy atom. The molecule has 0 spiro atoms. The number of likely N-dealkylation sites (tertiary alicyclic amines) is 1. The average Bonchev–Trinajstić information content (AvgIpc) is 2.68. The molecule has 0 radical (unpaired) electrons. The first-order valence-electron chi connectivity index (χ1n) is 10.2. The number of hydrogen-bond acceptors (Lipinski definition) is 2. The maximum absolute atomic E-state index is 6.21. The lowest BCUT2D eigenvalue weighted by Gasteiger charge is -2.41. The summed E-state index contributed by atoms with van der Waals surface area (Å²) in [7, 11) is 4.04. The molecule has 27 heavy (non-hydrogen) atoms. The third kappa shape index (κ3) is 5.07. The second-order valence-electron chi connectivity index (χ2n) is 8.15. The number of methoxy groups -OCH3 is 1. The molecule has 1 saturated heterocycles. The van der Waals surface area contributed by atoms with E-state index in [4.69, 9.17) is 28.6 Å². The van der Waals surface area contributed by atoms with Crippen LogP contribution in [-0.2, 0) is 0 Å². The van der Waals surface area contributed by atoms with Gasteiger partial charge in [-0.15, -0.1) is 0 Å². The van der Waals surface area contributed by atoms with E-state index in [1.54, 1.807) is 12.0 Å². The Labute approximate surface area is 174 Å². The number of piperidine rings is 1. The van der Waals surface area contributed by atoms with E-state index in [0.717, 1.165) is 41.9 Å². The van der Waals surface area contributed by atoms with Gasteiger partial charge in [-0.05, 0) is 49.7 Å². The lowest BCUT2D eigenvalue weighted by atomic mass is 9.84. The maximum Gasteiger partial charge on any atom is 0.173 e. The number of ether oxygens (including phenoxy) is 1. The highest BCUT2D eigenvalue weighted by molar-refractivity contribution is 7.80. The van der Waals surface area contributed by atoms with Crippen LogP contribution in [0, 0.1) is 5.92 Å². The second-order valence-corrected chi connectivity index (χ2v) is 8.95. The van der Waals surface area contributed by atoms with Crippen molar-refractivity contribution in [3.05, 3.63) is 23.2 Å². The molecule has 1 aromatic carbocycles. The molecule has 6 heteroatoms. The number of nitrogens with one attached hydrogen (secondary N) is 2. The summed E-state index contributed by atoms with van der Waals surface area (Å²) in [5, 5.41) is 4.71. The SMILES string of the molecule is COc1ccc(NC(=S)N2CCC([NH+](C)C3CCCCC3C)CC2)cc1Cl. The lowest BCUT2D eigenvalue weighted by molar-refractivity contribution is -0.937. The maximum atomic E-state index is 6.21. The van der Waals surface area contributed by atoms with Crippen molar-refractivity contribution < 1.29 is 9.64 Å². The van der Waals surface area contributed by atoms with Crippen LogP contribution < -0.4 is 15.0 Å². The molecule has 3 atom stereocenters. The normalized spacial score (nSPS) is 25.1. The molecule has 0 aromatic heterocycles. The Morgan fingerprint density at radius 3 is 2.56 bits per heavy atom. The van der Waals surface area contributed by atoms with Crippen molar-refractivity contribution in [3.8, 4) is 5.75 Å². The summed E-state index contributed by atoms with van der Waals surface area (Å²) in [5.41, 5.74) is 0.909. The van der Waals surface area contributed by atoms with E-state index in [9.17, 15) is 0 Å². The summed E-state index contributed by atoms with van der Waals surface area (Å²) in [6.45, 7) is 4.50. The van der Waals surface area contributed by atoms with Crippen LogP contribution in [0.15, 0.2) is 18.2 Å². The summed E-state index contributed by atoms with van der Waals surface area (Å²) in [6, 6.07) is 7.27. The van der Waals surface area contributed by atoms with Crippen LogP contribution in [0.1, 0.15) is 45.4 Å². The lowest BCUT2D eigenvalue weighted by Crippen LogP contribution is -3.17. The van der Waals surface area contributed by atoms with Gasteiger partial charge in [-0.1, -0.05) is 24.9 Å². The minimum atomic E-state index is 0.593. The molecule has 150 valence electrons. The van der Waals surface area contributed by atoms with E-state index < -0.39 is 0 Å². The topological polar surface area (TPSA) is 28.9 Å². The molecule has 1 heterocycles. The van der Waals surface area contributed by atoms with Gasteiger partial charge in [0.1, 0.15) is 5.75 Å². The predicted molar refractivity (Wildman–Crippen MR) is 117 cm³/mol. The fourth-order valence-corrected chi connectivity index (χ4v) is 5.34. The predicted octanol–water partition coefficient (Wildman–Crippen LogP) is 3.60. The number of nitrogens with zero attached hydrogens (tertiary/aromatic N) is 1. The average molecular weight is 411 g/mol. The van der Waals surface area contributed by atoms with Crippen molar-refractivity contribution in [2.45, 2.75) is 57.5 Å². The minimum absolute atomic E-state index is 0.593. The summed E-state index contributed by atoms with van der Waals surface area (Å²) in [4.78, 5) is 4.05. The zero-order chi connectivity index (χ0) is 19.4. The number of halogens is 1. The van der Waals surface area contributed by atoms with Crippen molar-refractivity contribution in [2.24, 2.45) is 5.92 Å². The highest BCUT2D eigenvalue weighted by atomic mass is 35.5. The van der Waals surface area contributed by atoms with Crippen molar-refractivity contribution in [1.29, 1.82) is 0 Å². The van der Waals surface area contributed by atoms with Gasteiger partial charge in [-0.3, -0.25) is 0 Å². The fraction of sp³-hybridized carbons (Fsp3) is 0.667. The molecule has 2 N–H and O–H groups in total. The molecule has 0 bridgehead atoms. The van der Waals surface area contributed by atoms with Crippen molar-refractivity contribution >= 4 is 34.6 Å². The summed E-state index contributed by atoms with van der Waals surface area (Å²) in [5.74, 6) is 1.54. The number of anilines is 1. The Bertz CT molecular complexity index is 648. The first kappa shape index (κ1) is 20.7. The van der Waals surface area contributed by atoms with Gasteiger partial charge in [0.2, 0.25) is 0 Å². The number of hydrogen-bond donors (Lipinski definition) is 2. The monoisotopic (exact) mass is 410 g/mol. The molecule has 2 aliphatic rings. The molecular formula is C21H33ClN3OS+. The Kier molecular flexibility index (Phi) is 7.23.